The number of para-hydroxylation sites is 1. The Labute approximate surface area is 119 Å². The van der Waals surface area contributed by atoms with Crippen molar-refractivity contribution in [1.29, 1.82) is 0 Å². The molecule has 0 aliphatic heterocycles. The van der Waals surface area contributed by atoms with Crippen LogP contribution in [0.2, 0.25) is 0 Å². The number of aromatic nitrogens is 2. The van der Waals surface area contributed by atoms with Crippen molar-refractivity contribution in [2.75, 3.05) is 0 Å². The molecule has 21 heavy (non-hydrogen) atoms. The monoisotopic (exact) mass is 282 g/mol. The van der Waals surface area contributed by atoms with Crippen LogP contribution in [0, 0.1) is 5.82 Å². The van der Waals surface area contributed by atoms with Crippen LogP contribution in [-0.4, -0.2) is 20.9 Å². The van der Waals surface area contributed by atoms with Crippen molar-refractivity contribution in [3.63, 3.8) is 0 Å². The van der Waals surface area contributed by atoms with Gasteiger partial charge in [-0.2, -0.15) is 5.10 Å². The van der Waals surface area contributed by atoms with Crippen LogP contribution in [-0.2, 0) is 4.79 Å². The minimum atomic E-state index is -1.13. The third kappa shape index (κ3) is 2.41. The van der Waals surface area contributed by atoms with Gasteiger partial charge in [0.05, 0.1) is 17.4 Å². The van der Waals surface area contributed by atoms with Gasteiger partial charge in [0, 0.05) is 17.0 Å². The summed E-state index contributed by atoms with van der Waals surface area (Å²) in [6.45, 7) is 0. The van der Waals surface area contributed by atoms with Gasteiger partial charge < -0.3 is 5.11 Å². The molecule has 0 unspecified atom stereocenters. The zero-order chi connectivity index (χ0) is 14.8. The van der Waals surface area contributed by atoms with Crippen LogP contribution in [0.1, 0.15) is 5.56 Å². The van der Waals surface area contributed by atoms with Crippen molar-refractivity contribution in [3.05, 3.63) is 66.1 Å². The van der Waals surface area contributed by atoms with Crippen molar-refractivity contribution in [3.8, 4) is 5.69 Å². The summed E-state index contributed by atoms with van der Waals surface area (Å²) in [6, 6.07) is 12.1. The predicted octanol–water partition coefficient (Wildman–Crippen LogP) is 3.26. The first-order chi connectivity index (χ1) is 10.2. The van der Waals surface area contributed by atoms with Gasteiger partial charge in [0.25, 0.3) is 0 Å². The van der Waals surface area contributed by atoms with Gasteiger partial charge in [-0.25, -0.2) is 13.9 Å². The Hall–Kier alpha value is -2.95. The van der Waals surface area contributed by atoms with E-state index in [1.165, 1.54) is 12.1 Å². The first kappa shape index (κ1) is 13.1. The highest BCUT2D eigenvalue weighted by molar-refractivity contribution is 5.87. The molecule has 3 aromatic rings. The molecule has 3 rings (SSSR count). The Bertz CT molecular complexity index is 852. The molecule has 5 heteroatoms. The summed E-state index contributed by atoms with van der Waals surface area (Å²) in [5, 5.41) is 13.9. The number of carbonyl (C=O) groups is 1. The molecule has 0 saturated carbocycles. The van der Waals surface area contributed by atoms with Gasteiger partial charge in [-0.1, -0.05) is 24.3 Å². The fourth-order valence-electron chi connectivity index (χ4n) is 2.19. The molecule has 1 N–H and O–H groups in total. The van der Waals surface area contributed by atoms with E-state index >= 15 is 0 Å². The second kappa shape index (κ2) is 5.20. The van der Waals surface area contributed by atoms with Crippen molar-refractivity contribution >= 4 is 22.9 Å². The Morgan fingerprint density at radius 2 is 2.00 bits per heavy atom. The van der Waals surface area contributed by atoms with E-state index in [1.54, 1.807) is 23.0 Å². The fraction of sp³-hybridized carbons (Fsp3) is 0. The van der Waals surface area contributed by atoms with Gasteiger partial charge in [-0.15, -0.1) is 0 Å². The molecule has 1 aromatic heterocycles. The van der Waals surface area contributed by atoms with E-state index in [0.29, 0.717) is 5.69 Å². The van der Waals surface area contributed by atoms with Crippen LogP contribution < -0.4 is 0 Å². The molecular weight excluding hydrogens is 271 g/mol. The third-order valence-corrected chi connectivity index (χ3v) is 3.13. The summed E-state index contributed by atoms with van der Waals surface area (Å²) in [5.74, 6) is -1.63. The minimum Gasteiger partial charge on any atom is -0.478 e. The average Bonchev–Trinajstić information content (AvgIpc) is 2.89. The maximum absolute atomic E-state index is 14.0. The predicted molar refractivity (Wildman–Crippen MR) is 77.7 cm³/mol. The van der Waals surface area contributed by atoms with Gasteiger partial charge in [-0.05, 0) is 24.3 Å². The van der Waals surface area contributed by atoms with E-state index in [0.717, 1.165) is 17.0 Å². The van der Waals surface area contributed by atoms with Gasteiger partial charge >= 0.3 is 5.97 Å². The molecule has 0 radical (unpaired) electrons. The van der Waals surface area contributed by atoms with Crippen LogP contribution in [0.4, 0.5) is 4.39 Å². The van der Waals surface area contributed by atoms with Gasteiger partial charge in [0.15, 0.2) is 0 Å². The lowest BCUT2D eigenvalue weighted by atomic mass is 10.1. The van der Waals surface area contributed by atoms with Crippen LogP contribution in [0.15, 0.2) is 54.7 Å². The first-order valence-electron chi connectivity index (χ1n) is 6.29. The highest BCUT2D eigenvalue weighted by atomic mass is 19.1. The number of nitrogens with zero attached hydrogens (tertiary/aromatic N) is 2. The van der Waals surface area contributed by atoms with Crippen LogP contribution in [0.3, 0.4) is 0 Å². The minimum absolute atomic E-state index is 0.189. The highest BCUT2D eigenvalue weighted by Crippen LogP contribution is 2.23. The standard InChI is InChI=1S/C16H11FN2O2/c17-13-5-3-7-15(12(13)8-9-16(20)21)19-14-6-2-1-4-11(14)10-18-19/h1-10H,(H,20,21)/b9-8+. The molecule has 0 bridgehead atoms. The summed E-state index contributed by atoms with van der Waals surface area (Å²) >= 11 is 0. The van der Waals surface area contributed by atoms with E-state index < -0.39 is 11.8 Å². The third-order valence-electron chi connectivity index (χ3n) is 3.13. The number of aliphatic carboxylic acids is 1. The van der Waals surface area contributed by atoms with Crippen molar-refractivity contribution in [1.82, 2.24) is 9.78 Å². The maximum Gasteiger partial charge on any atom is 0.328 e. The second-order valence-corrected chi connectivity index (χ2v) is 4.46. The highest BCUT2D eigenvalue weighted by Gasteiger charge is 2.11. The fourth-order valence-corrected chi connectivity index (χ4v) is 2.19. The number of hydrogen-bond donors (Lipinski definition) is 1. The lowest BCUT2D eigenvalue weighted by Gasteiger charge is -2.08. The number of carboxylic acids is 1. The Kier molecular flexibility index (Phi) is 3.23. The summed E-state index contributed by atoms with van der Waals surface area (Å²) in [5.41, 5.74) is 1.51. The van der Waals surface area contributed by atoms with Crippen molar-refractivity contribution in [2.45, 2.75) is 0 Å². The van der Waals surface area contributed by atoms with E-state index in [2.05, 4.69) is 5.10 Å². The van der Waals surface area contributed by atoms with Crippen LogP contribution in [0.25, 0.3) is 22.7 Å². The molecule has 0 saturated heterocycles. The molecule has 2 aromatic carbocycles. The number of carboxylic acid groups (broad SMARTS) is 1. The van der Waals surface area contributed by atoms with E-state index in [1.807, 2.05) is 24.3 Å². The lowest BCUT2D eigenvalue weighted by molar-refractivity contribution is -0.131. The summed E-state index contributed by atoms with van der Waals surface area (Å²) in [4.78, 5) is 10.7. The molecule has 4 nitrogen and oxygen atoms in total. The molecule has 1 heterocycles. The number of halogens is 1. The summed E-state index contributed by atoms with van der Waals surface area (Å²) in [7, 11) is 0. The Morgan fingerprint density at radius 1 is 1.19 bits per heavy atom. The molecule has 0 amide bonds. The van der Waals surface area contributed by atoms with Gasteiger partial charge in [0.2, 0.25) is 0 Å². The number of benzene rings is 2. The van der Waals surface area contributed by atoms with Crippen molar-refractivity contribution in [2.24, 2.45) is 0 Å². The van der Waals surface area contributed by atoms with E-state index in [-0.39, 0.29) is 5.56 Å². The molecule has 0 fully saturated rings. The molecular formula is C16H11FN2O2. The number of hydrogen-bond acceptors (Lipinski definition) is 2. The molecule has 0 aliphatic rings. The zero-order valence-corrected chi connectivity index (χ0v) is 10.9. The first-order valence-corrected chi connectivity index (χ1v) is 6.29. The van der Waals surface area contributed by atoms with Crippen molar-refractivity contribution < 1.29 is 14.3 Å². The second-order valence-electron chi connectivity index (χ2n) is 4.46. The van der Waals surface area contributed by atoms with E-state index in [9.17, 15) is 9.18 Å². The maximum atomic E-state index is 14.0. The quantitative estimate of drug-likeness (QED) is 0.750. The number of fused-ring (bicyclic) bond motifs is 1. The molecule has 104 valence electrons. The smallest absolute Gasteiger partial charge is 0.328 e. The van der Waals surface area contributed by atoms with Gasteiger partial charge in [0.1, 0.15) is 5.82 Å². The lowest BCUT2D eigenvalue weighted by Crippen LogP contribution is -2.01. The topological polar surface area (TPSA) is 55.1 Å². The van der Waals surface area contributed by atoms with Gasteiger partial charge in [-0.3, -0.25) is 0 Å². The molecule has 0 spiro atoms. The normalized spacial score (nSPS) is 11.3. The summed E-state index contributed by atoms with van der Waals surface area (Å²) in [6.07, 6.45) is 3.84. The number of rotatable bonds is 3. The Morgan fingerprint density at radius 3 is 2.81 bits per heavy atom. The largest absolute Gasteiger partial charge is 0.478 e. The average molecular weight is 282 g/mol. The molecule has 0 atom stereocenters. The molecule has 0 aliphatic carbocycles. The SMILES string of the molecule is O=C(O)/C=C/c1c(F)cccc1-n1ncc2ccccc21. The summed E-state index contributed by atoms with van der Waals surface area (Å²) < 4.78 is 15.6. The zero-order valence-electron chi connectivity index (χ0n) is 10.9. The Balaban J connectivity index is 2.23. The van der Waals surface area contributed by atoms with E-state index in [4.69, 9.17) is 5.11 Å². The van der Waals surface area contributed by atoms with Crippen LogP contribution >= 0.6 is 0 Å². The van der Waals surface area contributed by atoms with Crippen LogP contribution in [0.5, 0.6) is 0 Å².